The molecule has 10 heavy (non-hydrogen) atoms. The lowest BCUT2D eigenvalue weighted by atomic mass is 10.1. The van der Waals surface area contributed by atoms with Gasteiger partial charge in [0.05, 0.1) is 0 Å². The van der Waals surface area contributed by atoms with Gasteiger partial charge in [-0.05, 0) is 13.3 Å². The van der Waals surface area contributed by atoms with Gasteiger partial charge in [-0.3, -0.25) is 0 Å². The number of rotatable bonds is 4. The van der Waals surface area contributed by atoms with Crippen molar-refractivity contribution < 1.29 is 0 Å². The Hall–Kier alpha value is -0.480. The largest absolute Gasteiger partial charge is 0.327 e. The van der Waals surface area contributed by atoms with Gasteiger partial charge >= 0.3 is 0 Å². The monoisotopic (exact) mass is 139 g/mol. The Bertz CT molecular complexity index is 118. The summed E-state index contributed by atoms with van der Waals surface area (Å²) >= 11 is 0. The Balaban J connectivity index is 3.21. The van der Waals surface area contributed by atoms with Crippen LogP contribution in [-0.4, -0.2) is 6.04 Å². The maximum atomic E-state index is 5.74. The van der Waals surface area contributed by atoms with E-state index in [9.17, 15) is 0 Å². The molecule has 0 fully saturated rings. The minimum Gasteiger partial charge on any atom is -0.327 e. The standard InChI is InChI=1S/C9H17N/c1-3-5-7-9(10)8-6-4-2/h9H,3,5,7-8,10H2,1-2H3. The maximum absolute atomic E-state index is 5.74. The molecule has 1 nitrogen and oxygen atoms in total. The summed E-state index contributed by atoms with van der Waals surface area (Å²) in [5, 5.41) is 0. The lowest BCUT2D eigenvalue weighted by Crippen LogP contribution is -2.18. The number of hydrogen-bond acceptors (Lipinski definition) is 1. The SMILES string of the molecule is CC#CCC(N)CCCC. The summed E-state index contributed by atoms with van der Waals surface area (Å²) < 4.78 is 0. The van der Waals surface area contributed by atoms with Gasteiger partial charge in [0.1, 0.15) is 0 Å². The minimum absolute atomic E-state index is 0.299. The van der Waals surface area contributed by atoms with Crippen molar-refractivity contribution in [3.63, 3.8) is 0 Å². The fraction of sp³-hybridized carbons (Fsp3) is 0.778. The Morgan fingerprint density at radius 3 is 2.70 bits per heavy atom. The molecule has 2 N–H and O–H groups in total. The zero-order chi connectivity index (χ0) is 7.82. The highest BCUT2D eigenvalue weighted by Crippen LogP contribution is 2.00. The van der Waals surface area contributed by atoms with E-state index in [4.69, 9.17) is 5.73 Å². The summed E-state index contributed by atoms with van der Waals surface area (Å²) in [7, 11) is 0. The van der Waals surface area contributed by atoms with Crippen LogP contribution in [0, 0.1) is 11.8 Å². The van der Waals surface area contributed by atoms with E-state index in [0.717, 1.165) is 12.8 Å². The third-order valence-corrected chi connectivity index (χ3v) is 1.47. The molecule has 0 aliphatic rings. The molecule has 1 atom stereocenters. The molecule has 0 heterocycles. The summed E-state index contributed by atoms with van der Waals surface area (Å²) in [5.41, 5.74) is 5.74. The van der Waals surface area contributed by atoms with Crippen LogP contribution in [0.25, 0.3) is 0 Å². The van der Waals surface area contributed by atoms with E-state index in [1.165, 1.54) is 12.8 Å². The Morgan fingerprint density at radius 2 is 2.20 bits per heavy atom. The molecular weight excluding hydrogens is 122 g/mol. The van der Waals surface area contributed by atoms with Crippen LogP contribution in [0.2, 0.25) is 0 Å². The molecule has 0 saturated heterocycles. The molecule has 0 amide bonds. The van der Waals surface area contributed by atoms with Gasteiger partial charge in [-0.2, -0.15) is 0 Å². The van der Waals surface area contributed by atoms with Crippen molar-refractivity contribution in [3.8, 4) is 11.8 Å². The van der Waals surface area contributed by atoms with Crippen molar-refractivity contribution in [2.45, 2.75) is 45.6 Å². The molecule has 0 bridgehead atoms. The zero-order valence-corrected chi connectivity index (χ0v) is 6.98. The van der Waals surface area contributed by atoms with E-state index in [2.05, 4.69) is 18.8 Å². The van der Waals surface area contributed by atoms with Crippen molar-refractivity contribution in [1.82, 2.24) is 0 Å². The van der Waals surface area contributed by atoms with Crippen LogP contribution in [0.4, 0.5) is 0 Å². The van der Waals surface area contributed by atoms with Crippen molar-refractivity contribution >= 4 is 0 Å². The van der Waals surface area contributed by atoms with Crippen LogP contribution in [0.5, 0.6) is 0 Å². The first-order valence-corrected chi connectivity index (χ1v) is 3.96. The van der Waals surface area contributed by atoms with Crippen molar-refractivity contribution in [2.75, 3.05) is 0 Å². The summed E-state index contributed by atoms with van der Waals surface area (Å²) in [6.45, 7) is 4.03. The van der Waals surface area contributed by atoms with E-state index in [1.807, 2.05) is 6.92 Å². The van der Waals surface area contributed by atoms with E-state index < -0.39 is 0 Å². The summed E-state index contributed by atoms with van der Waals surface area (Å²) in [5.74, 6) is 5.83. The van der Waals surface area contributed by atoms with Gasteiger partial charge in [-0.15, -0.1) is 11.8 Å². The van der Waals surface area contributed by atoms with Gasteiger partial charge in [0, 0.05) is 12.5 Å². The van der Waals surface area contributed by atoms with Crippen LogP contribution in [0.1, 0.15) is 39.5 Å². The molecular formula is C9H17N. The molecule has 0 aromatic heterocycles. The molecule has 0 rings (SSSR count). The normalized spacial score (nSPS) is 11.9. The zero-order valence-electron chi connectivity index (χ0n) is 6.98. The van der Waals surface area contributed by atoms with Gasteiger partial charge in [-0.1, -0.05) is 19.8 Å². The number of unbranched alkanes of at least 4 members (excludes halogenated alkanes) is 1. The summed E-state index contributed by atoms with van der Waals surface area (Å²) in [6.07, 6.45) is 4.43. The van der Waals surface area contributed by atoms with Gasteiger partial charge < -0.3 is 5.73 Å². The molecule has 1 heteroatoms. The van der Waals surface area contributed by atoms with E-state index in [1.54, 1.807) is 0 Å². The first-order valence-electron chi connectivity index (χ1n) is 3.96. The smallest absolute Gasteiger partial charge is 0.0241 e. The second-order valence-corrected chi connectivity index (χ2v) is 2.53. The highest BCUT2D eigenvalue weighted by Gasteiger charge is 1.97. The van der Waals surface area contributed by atoms with Crippen LogP contribution in [0.3, 0.4) is 0 Å². The predicted octanol–water partition coefficient (Wildman–Crippen LogP) is 1.92. The Labute approximate surface area is 64.0 Å². The van der Waals surface area contributed by atoms with E-state index >= 15 is 0 Å². The maximum Gasteiger partial charge on any atom is 0.0241 e. The van der Waals surface area contributed by atoms with Crippen molar-refractivity contribution in [3.05, 3.63) is 0 Å². The van der Waals surface area contributed by atoms with Crippen molar-refractivity contribution in [1.29, 1.82) is 0 Å². The highest BCUT2D eigenvalue weighted by atomic mass is 14.6. The van der Waals surface area contributed by atoms with E-state index in [0.29, 0.717) is 6.04 Å². The minimum atomic E-state index is 0.299. The van der Waals surface area contributed by atoms with Crippen LogP contribution >= 0.6 is 0 Å². The fourth-order valence-corrected chi connectivity index (χ4v) is 0.802. The lowest BCUT2D eigenvalue weighted by Gasteiger charge is -2.04. The van der Waals surface area contributed by atoms with E-state index in [-0.39, 0.29) is 0 Å². The average molecular weight is 139 g/mol. The highest BCUT2D eigenvalue weighted by molar-refractivity contribution is 4.97. The van der Waals surface area contributed by atoms with Gasteiger partial charge in [0.2, 0.25) is 0 Å². The predicted molar refractivity (Wildman–Crippen MR) is 45.6 cm³/mol. The third-order valence-electron chi connectivity index (χ3n) is 1.47. The molecule has 0 aromatic carbocycles. The molecule has 0 radical (unpaired) electrons. The Morgan fingerprint density at radius 1 is 1.50 bits per heavy atom. The summed E-state index contributed by atoms with van der Waals surface area (Å²) in [4.78, 5) is 0. The van der Waals surface area contributed by atoms with Gasteiger partial charge in [0.15, 0.2) is 0 Å². The number of nitrogens with two attached hydrogens (primary N) is 1. The van der Waals surface area contributed by atoms with Crippen LogP contribution in [-0.2, 0) is 0 Å². The second-order valence-electron chi connectivity index (χ2n) is 2.53. The third kappa shape index (κ3) is 5.65. The topological polar surface area (TPSA) is 26.0 Å². The molecule has 0 aliphatic heterocycles. The molecule has 0 aliphatic carbocycles. The van der Waals surface area contributed by atoms with Crippen LogP contribution < -0.4 is 5.73 Å². The van der Waals surface area contributed by atoms with Crippen LogP contribution in [0.15, 0.2) is 0 Å². The van der Waals surface area contributed by atoms with Gasteiger partial charge in [0.25, 0.3) is 0 Å². The quantitative estimate of drug-likeness (QED) is 0.592. The summed E-state index contributed by atoms with van der Waals surface area (Å²) in [6, 6.07) is 0.299. The Kier molecular flexibility index (Phi) is 6.32. The first kappa shape index (κ1) is 9.52. The second kappa shape index (κ2) is 6.64. The lowest BCUT2D eigenvalue weighted by molar-refractivity contribution is 0.588. The molecule has 0 spiro atoms. The number of hydrogen-bond donors (Lipinski definition) is 1. The first-order chi connectivity index (χ1) is 4.81. The van der Waals surface area contributed by atoms with Gasteiger partial charge in [-0.25, -0.2) is 0 Å². The molecule has 1 unspecified atom stereocenters. The fourth-order valence-electron chi connectivity index (χ4n) is 0.802. The average Bonchev–Trinajstić information content (AvgIpc) is 1.97. The van der Waals surface area contributed by atoms with Crippen molar-refractivity contribution in [2.24, 2.45) is 5.73 Å². The molecule has 0 aromatic rings. The molecule has 0 saturated carbocycles. The molecule has 58 valence electrons.